The Balaban J connectivity index is 0.00000243. The number of nitro groups is 1. The van der Waals surface area contributed by atoms with E-state index >= 15 is 0 Å². The van der Waals surface area contributed by atoms with E-state index in [4.69, 9.17) is 0 Å². The van der Waals surface area contributed by atoms with Gasteiger partial charge >= 0.3 is 0 Å². The van der Waals surface area contributed by atoms with Crippen LogP contribution in [-0.2, 0) is 11.2 Å². The van der Waals surface area contributed by atoms with Gasteiger partial charge in [-0.3, -0.25) is 14.9 Å². The monoisotopic (exact) mass is 381 g/mol. The number of nitrogens with zero attached hydrogens (tertiary/aromatic N) is 1. The van der Waals surface area contributed by atoms with Gasteiger partial charge < -0.3 is 10.6 Å². The summed E-state index contributed by atoms with van der Waals surface area (Å²) in [7, 11) is 0. The lowest BCUT2D eigenvalue weighted by Gasteiger charge is -2.24. The molecular weight excluding hydrogens is 354 g/mol. The molecule has 1 heterocycles. The molecule has 3 rings (SSSR count). The first-order valence-corrected chi connectivity index (χ1v) is 9.40. The van der Waals surface area contributed by atoms with Gasteiger partial charge in [0.25, 0.3) is 5.69 Å². The molecule has 0 aromatic heterocycles. The Labute approximate surface area is 160 Å². The summed E-state index contributed by atoms with van der Waals surface area (Å²) in [5, 5.41) is 17.2. The molecule has 1 saturated carbocycles. The fraction of sp³-hybridized carbons (Fsp3) is 0.632. The lowest BCUT2D eigenvalue weighted by molar-refractivity contribution is -0.384. The molecule has 6 nitrogen and oxygen atoms in total. The Kier molecular flexibility index (Phi) is 7.85. The lowest BCUT2D eigenvalue weighted by atomic mass is 9.85. The number of carbonyl (C=O) groups is 1. The first-order valence-electron chi connectivity index (χ1n) is 9.40. The van der Waals surface area contributed by atoms with Crippen molar-refractivity contribution < 1.29 is 9.72 Å². The van der Waals surface area contributed by atoms with Gasteiger partial charge in [-0.25, -0.2) is 0 Å². The maximum atomic E-state index is 12.3. The van der Waals surface area contributed by atoms with E-state index in [1.54, 1.807) is 24.3 Å². The number of halogens is 1. The van der Waals surface area contributed by atoms with Gasteiger partial charge in [0.1, 0.15) is 0 Å². The predicted octanol–water partition coefficient (Wildman–Crippen LogP) is 3.38. The number of non-ortho nitro benzene ring substituents is 1. The highest BCUT2D eigenvalue weighted by Crippen LogP contribution is 2.33. The number of nitrogens with one attached hydrogen (secondary N) is 2. The fourth-order valence-corrected chi connectivity index (χ4v) is 4.09. The first-order chi connectivity index (χ1) is 12.1. The highest BCUT2D eigenvalue weighted by Gasteiger charge is 2.37. The van der Waals surface area contributed by atoms with Gasteiger partial charge in [-0.15, -0.1) is 12.4 Å². The average Bonchev–Trinajstić information content (AvgIpc) is 3.06. The summed E-state index contributed by atoms with van der Waals surface area (Å²) < 4.78 is 0. The summed E-state index contributed by atoms with van der Waals surface area (Å²) >= 11 is 0. The summed E-state index contributed by atoms with van der Waals surface area (Å²) in [4.78, 5) is 22.5. The number of aryl methyl sites for hydroxylation is 1. The zero-order chi connectivity index (χ0) is 17.6. The predicted molar refractivity (Wildman–Crippen MR) is 104 cm³/mol. The topological polar surface area (TPSA) is 84.3 Å². The normalized spacial score (nSPS) is 24.4. The summed E-state index contributed by atoms with van der Waals surface area (Å²) in [6, 6.07) is 7.24. The second-order valence-corrected chi connectivity index (χ2v) is 7.28. The van der Waals surface area contributed by atoms with Crippen molar-refractivity contribution in [3.8, 4) is 0 Å². The molecule has 7 heteroatoms. The standard InChI is InChI=1S/C19H27N3O3.ClH/c23-19(18-13-15-6-1-2-7-17(15)21-18)20-12-4-3-5-14-8-10-16(11-9-14)22(24)25;/h8-11,15,17-18,21H,1-7,12-13H2,(H,20,23);1H. The average molecular weight is 382 g/mol. The Morgan fingerprint density at radius 3 is 2.62 bits per heavy atom. The Bertz CT molecular complexity index is 595. The van der Waals surface area contributed by atoms with Crippen LogP contribution in [0.2, 0.25) is 0 Å². The van der Waals surface area contributed by atoms with Crippen molar-refractivity contribution >= 4 is 24.0 Å². The molecule has 1 aromatic rings. The van der Waals surface area contributed by atoms with E-state index in [0.29, 0.717) is 18.5 Å². The van der Waals surface area contributed by atoms with E-state index in [9.17, 15) is 14.9 Å². The van der Waals surface area contributed by atoms with Crippen molar-refractivity contribution in [1.29, 1.82) is 0 Å². The van der Waals surface area contributed by atoms with Crippen molar-refractivity contribution in [1.82, 2.24) is 10.6 Å². The quantitative estimate of drug-likeness (QED) is 0.431. The van der Waals surface area contributed by atoms with Crippen molar-refractivity contribution in [3.05, 3.63) is 39.9 Å². The molecule has 2 N–H and O–H groups in total. The lowest BCUT2D eigenvalue weighted by Crippen LogP contribution is -2.43. The van der Waals surface area contributed by atoms with Crippen LogP contribution < -0.4 is 10.6 Å². The van der Waals surface area contributed by atoms with Crippen LogP contribution in [-0.4, -0.2) is 29.5 Å². The van der Waals surface area contributed by atoms with Crippen LogP contribution in [0.3, 0.4) is 0 Å². The van der Waals surface area contributed by atoms with Gasteiger partial charge in [-0.05, 0) is 50.0 Å². The number of amides is 1. The number of unbranched alkanes of at least 4 members (excludes halogenated alkanes) is 1. The number of hydrogen-bond acceptors (Lipinski definition) is 4. The molecule has 3 atom stereocenters. The second-order valence-electron chi connectivity index (χ2n) is 7.28. The second kappa shape index (κ2) is 9.88. The van der Waals surface area contributed by atoms with Crippen molar-refractivity contribution in [2.24, 2.45) is 5.92 Å². The molecule has 3 unspecified atom stereocenters. The van der Waals surface area contributed by atoms with E-state index in [1.807, 2.05) is 0 Å². The number of fused-ring (bicyclic) bond motifs is 1. The first kappa shape index (κ1) is 20.6. The van der Waals surface area contributed by atoms with Crippen molar-refractivity contribution in [3.63, 3.8) is 0 Å². The molecular formula is C19H28ClN3O3. The Morgan fingerprint density at radius 2 is 1.92 bits per heavy atom. The van der Waals surface area contributed by atoms with E-state index in [2.05, 4.69) is 10.6 Å². The molecule has 0 bridgehead atoms. The van der Waals surface area contributed by atoms with E-state index in [1.165, 1.54) is 25.7 Å². The molecule has 2 fully saturated rings. The van der Waals surface area contributed by atoms with Crippen LogP contribution in [0.15, 0.2) is 24.3 Å². The van der Waals surface area contributed by atoms with Gasteiger partial charge in [-0.1, -0.05) is 25.0 Å². The number of rotatable bonds is 7. The van der Waals surface area contributed by atoms with Crippen LogP contribution in [0.25, 0.3) is 0 Å². The fourth-order valence-electron chi connectivity index (χ4n) is 4.09. The zero-order valence-electron chi connectivity index (χ0n) is 15.0. The number of carbonyl (C=O) groups excluding carboxylic acids is 1. The maximum absolute atomic E-state index is 12.3. The summed E-state index contributed by atoms with van der Waals surface area (Å²) in [6.07, 6.45) is 8.80. The molecule has 0 spiro atoms. The SMILES string of the molecule is Cl.O=C(NCCCCc1ccc([N+](=O)[O-])cc1)C1CC2CCCCC2N1. The van der Waals surface area contributed by atoms with Crippen molar-refractivity contribution in [2.45, 2.75) is 63.5 Å². The molecule has 144 valence electrons. The molecule has 1 amide bonds. The molecule has 1 aromatic carbocycles. The van der Waals surface area contributed by atoms with E-state index < -0.39 is 0 Å². The highest BCUT2D eigenvalue weighted by atomic mass is 35.5. The molecule has 26 heavy (non-hydrogen) atoms. The van der Waals surface area contributed by atoms with Crippen LogP contribution in [0.4, 0.5) is 5.69 Å². The Morgan fingerprint density at radius 1 is 1.19 bits per heavy atom. The highest BCUT2D eigenvalue weighted by molar-refractivity contribution is 5.85. The number of nitro benzene ring substituents is 1. The molecule has 1 aliphatic carbocycles. The van der Waals surface area contributed by atoms with Crippen molar-refractivity contribution in [2.75, 3.05) is 6.54 Å². The number of hydrogen-bond donors (Lipinski definition) is 2. The van der Waals surface area contributed by atoms with Crippen LogP contribution >= 0.6 is 12.4 Å². The Hall–Kier alpha value is -1.66. The van der Waals surface area contributed by atoms with E-state index in [-0.39, 0.29) is 35.0 Å². The van der Waals surface area contributed by atoms with Crippen LogP contribution in [0, 0.1) is 16.0 Å². The van der Waals surface area contributed by atoms with Gasteiger partial charge in [0.2, 0.25) is 5.91 Å². The number of benzene rings is 1. The summed E-state index contributed by atoms with van der Waals surface area (Å²) in [5.41, 5.74) is 1.22. The zero-order valence-corrected chi connectivity index (χ0v) is 15.8. The van der Waals surface area contributed by atoms with Gasteiger partial charge in [-0.2, -0.15) is 0 Å². The maximum Gasteiger partial charge on any atom is 0.269 e. The van der Waals surface area contributed by atoms with Crippen LogP contribution in [0.5, 0.6) is 0 Å². The largest absolute Gasteiger partial charge is 0.355 e. The van der Waals surface area contributed by atoms with Gasteiger partial charge in [0.15, 0.2) is 0 Å². The minimum Gasteiger partial charge on any atom is -0.355 e. The van der Waals surface area contributed by atoms with Gasteiger partial charge in [0.05, 0.1) is 11.0 Å². The summed E-state index contributed by atoms with van der Waals surface area (Å²) in [5.74, 6) is 0.830. The van der Waals surface area contributed by atoms with Gasteiger partial charge in [0, 0.05) is 24.7 Å². The smallest absolute Gasteiger partial charge is 0.269 e. The molecule has 0 radical (unpaired) electrons. The third-order valence-electron chi connectivity index (χ3n) is 5.52. The third-order valence-corrected chi connectivity index (χ3v) is 5.52. The minimum atomic E-state index is -0.382. The van der Waals surface area contributed by atoms with E-state index in [0.717, 1.165) is 31.2 Å². The van der Waals surface area contributed by atoms with Crippen LogP contribution in [0.1, 0.15) is 50.5 Å². The molecule has 2 aliphatic rings. The summed E-state index contributed by atoms with van der Waals surface area (Å²) in [6.45, 7) is 0.694. The minimum absolute atomic E-state index is 0. The molecule has 1 saturated heterocycles. The molecule has 1 aliphatic heterocycles. The third kappa shape index (κ3) is 5.42.